The number of rotatable bonds is 6. The number of nitrogens with one attached hydrogen (secondary N) is 1. The van der Waals surface area contributed by atoms with Crippen LogP contribution in [0.4, 0.5) is 4.79 Å². The van der Waals surface area contributed by atoms with Crippen LogP contribution in [0.3, 0.4) is 0 Å². The predicted molar refractivity (Wildman–Crippen MR) is 68.1 cm³/mol. The minimum Gasteiger partial charge on any atom is -0.461 e. The Labute approximate surface area is 108 Å². The molecule has 104 valence electrons. The first kappa shape index (κ1) is 16.4. The Kier molecular flexibility index (Phi) is 7.04. The van der Waals surface area contributed by atoms with Crippen molar-refractivity contribution in [3.8, 4) is 0 Å². The topological polar surface area (TPSA) is 78.9 Å². The normalized spacial score (nSPS) is 10.7. The highest BCUT2D eigenvalue weighted by atomic mass is 16.5. The molecule has 0 unspecified atom stereocenters. The second-order valence-electron chi connectivity index (χ2n) is 4.65. The minimum atomic E-state index is -0.521. The summed E-state index contributed by atoms with van der Waals surface area (Å²) in [6.45, 7) is 9.35. The van der Waals surface area contributed by atoms with Crippen molar-refractivity contribution in [1.82, 2.24) is 10.2 Å². The van der Waals surface area contributed by atoms with Crippen LogP contribution in [0.15, 0.2) is 12.7 Å². The van der Waals surface area contributed by atoms with Crippen LogP contribution in [0.5, 0.6) is 0 Å². The number of carbonyl (C=O) groups excluding carboxylic acids is 2. The SMILES string of the molecule is C=CC(=O)OCCNC(=O)N(CCO)C(C)(C)C. The summed E-state index contributed by atoms with van der Waals surface area (Å²) in [7, 11) is 0. The van der Waals surface area contributed by atoms with Gasteiger partial charge in [0.15, 0.2) is 0 Å². The first-order valence-electron chi connectivity index (χ1n) is 5.78. The summed E-state index contributed by atoms with van der Waals surface area (Å²) in [6.07, 6.45) is 1.06. The van der Waals surface area contributed by atoms with E-state index >= 15 is 0 Å². The summed E-state index contributed by atoms with van der Waals surface area (Å²) in [4.78, 5) is 24.1. The second-order valence-corrected chi connectivity index (χ2v) is 4.65. The Hall–Kier alpha value is -1.56. The molecule has 0 spiro atoms. The third kappa shape index (κ3) is 6.24. The van der Waals surface area contributed by atoms with Gasteiger partial charge in [-0.1, -0.05) is 6.58 Å². The number of urea groups is 1. The zero-order chi connectivity index (χ0) is 14.2. The number of aliphatic hydroxyl groups excluding tert-OH is 1. The molecule has 0 radical (unpaired) electrons. The molecule has 0 saturated carbocycles. The van der Waals surface area contributed by atoms with Gasteiger partial charge in [-0.05, 0) is 20.8 Å². The summed E-state index contributed by atoms with van der Waals surface area (Å²) in [6, 6.07) is -0.300. The lowest BCUT2D eigenvalue weighted by atomic mass is 10.1. The number of hydrogen-bond acceptors (Lipinski definition) is 4. The maximum Gasteiger partial charge on any atom is 0.330 e. The van der Waals surface area contributed by atoms with Crippen molar-refractivity contribution < 1.29 is 19.4 Å². The molecule has 0 aliphatic carbocycles. The fraction of sp³-hybridized carbons (Fsp3) is 0.667. The largest absolute Gasteiger partial charge is 0.461 e. The van der Waals surface area contributed by atoms with E-state index in [4.69, 9.17) is 9.84 Å². The van der Waals surface area contributed by atoms with Gasteiger partial charge in [-0.2, -0.15) is 0 Å². The first-order valence-corrected chi connectivity index (χ1v) is 5.78. The van der Waals surface area contributed by atoms with E-state index in [1.54, 1.807) is 0 Å². The van der Waals surface area contributed by atoms with Crippen molar-refractivity contribution in [3.63, 3.8) is 0 Å². The van der Waals surface area contributed by atoms with E-state index in [2.05, 4.69) is 11.9 Å². The zero-order valence-electron chi connectivity index (χ0n) is 11.2. The van der Waals surface area contributed by atoms with Crippen molar-refractivity contribution in [2.75, 3.05) is 26.3 Å². The Morgan fingerprint density at radius 1 is 1.44 bits per heavy atom. The average molecular weight is 258 g/mol. The van der Waals surface area contributed by atoms with Gasteiger partial charge in [0.05, 0.1) is 13.2 Å². The summed E-state index contributed by atoms with van der Waals surface area (Å²) >= 11 is 0. The molecule has 2 amide bonds. The monoisotopic (exact) mass is 258 g/mol. The maximum absolute atomic E-state index is 11.8. The van der Waals surface area contributed by atoms with Gasteiger partial charge < -0.3 is 20.1 Å². The highest BCUT2D eigenvalue weighted by Crippen LogP contribution is 2.12. The second kappa shape index (κ2) is 7.71. The molecule has 0 fully saturated rings. The van der Waals surface area contributed by atoms with E-state index in [1.807, 2.05) is 20.8 Å². The van der Waals surface area contributed by atoms with Gasteiger partial charge in [0.25, 0.3) is 0 Å². The van der Waals surface area contributed by atoms with Crippen LogP contribution in [0.1, 0.15) is 20.8 Å². The number of hydrogen-bond donors (Lipinski definition) is 2. The molecule has 0 aromatic heterocycles. The molecule has 0 aliphatic heterocycles. The van der Waals surface area contributed by atoms with Gasteiger partial charge >= 0.3 is 12.0 Å². The van der Waals surface area contributed by atoms with E-state index in [-0.39, 0.29) is 37.9 Å². The van der Waals surface area contributed by atoms with Crippen LogP contribution in [0, 0.1) is 0 Å². The first-order chi connectivity index (χ1) is 8.32. The molecular weight excluding hydrogens is 236 g/mol. The molecule has 6 nitrogen and oxygen atoms in total. The van der Waals surface area contributed by atoms with Gasteiger partial charge in [0.1, 0.15) is 6.61 Å². The summed E-state index contributed by atoms with van der Waals surface area (Å²) in [5.74, 6) is -0.521. The van der Waals surface area contributed by atoms with E-state index in [0.717, 1.165) is 6.08 Å². The van der Waals surface area contributed by atoms with Crippen LogP contribution in [-0.4, -0.2) is 53.8 Å². The standard InChI is InChI=1S/C12H22N2O4/c1-5-10(16)18-9-6-13-11(17)14(7-8-15)12(2,3)4/h5,15H,1,6-9H2,2-4H3,(H,13,17). The van der Waals surface area contributed by atoms with Gasteiger partial charge in [0.2, 0.25) is 0 Å². The predicted octanol–water partition coefficient (Wildman–Crippen LogP) is 0.518. The van der Waals surface area contributed by atoms with Gasteiger partial charge in [-0.3, -0.25) is 0 Å². The molecule has 6 heteroatoms. The van der Waals surface area contributed by atoms with E-state index < -0.39 is 5.97 Å². The third-order valence-corrected chi connectivity index (χ3v) is 2.17. The molecule has 0 atom stereocenters. The molecule has 0 aromatic carbocycles. The zero-order valence-corrected chi connectivity index (χ0v) is 11.2. The quantitative estimate of drug-likeness (QED) is 0.413. The van der Waals surface area contributed by atoms with Crippen LogP contribution in [-0.2, 0) is 9.53 Å². The highest BCUT2D eigenvalue weighted by Gasteiger charge is 2.25. The Morgan fingerprint density at radius 2 is 2.06 bits per heavy atom. The van der Waals surface area contributed by atoms with Crippen LogP contribution >= 0.6 is 0 Å². The van der Waals surface area contributed by atoms with Crippen molar-refractivity contribution >= 4 is 12.0 Å². The highest BCUT2D eigenvalue weighted by molar-refractivity contribution is 5.81. The lowest BCUT2D eigenvalue weighted by Gasteiger charge is -2.35. The number of aliphatic hydroxyl groups is 1. The minimum absolute atomic E-state index is 0.0910. The molecule has 0 rings (SSSR count). The molecular formula is C12H22N2O4. The number of esters is 1. The Morgan fingerprint density at radius 3 is 2.50 bits per heavy atom. The lowest BCUT2D eigenvalue weighted by molar-refractivity contribution is -0.137. The van der Waals surface area contributed by atoms with Gasteiger partial charge in [-0.15, -0.1) is 0 Å². The maximum atomic E-state index is 11.8. The fourth-order valence-electron chi connectivity index (χ4n) is 1.31. The Bertz CT molecular complexity index is 297. The van der Waals surface area contributed by atoms with Gasteiger partial charge in [-0.25, -0.2) is 9.59 Å². The summed E-state index contributed by atoms with van der Waals surface area (Å²) in [5.41, 5.74) is -0.384. The van der Waals surface area contributed by atoms with Gasteiger partial charge in [0, 0.05) is 18.2 Å². The molecule has 18 heavy (non-hydrogen) atoms. The van der Waals surface area contributed by atoms with Crippen molar-refractivity contribution in [2.24, 2.45) is 0 Å². The van der Waals surface area contributed by atoms with Crippen molar-refractivity contribution in [3.05, 3.63) is 12.7 Å². The van der Waals surface area contributed by atoms with E-state index in [0.29, 0.717) is 0 Å². The number of ether oxygens (including phenoxy) is 1. The fourth-order valence-corrected chi connectivity index (χ4v) is 1.31. The Balaban J connectivity index is 4.12. The molecule has 2 N–H and O–H groups in total. The van der Waals surface area contributed by atoms with E-state index in [1.165, 1.54) is 4.90 Å². The lowest BCUT2D eigenvalue weighted by Crippen LogP contribution is -2.52. The summed E-state index contributed by atoms with van der Waals surface area (Å²) < 4.78 is 4.73. The number of amides is 2. The number of carbonyl (C=O) groups is 2. The summed E-state index contributed by atoms with van der Waals surface area (Å²) in [5, 5.41) is 11.5. The van der Waals surface area contributed by atoms with E-state index in [9.17, 15) is 9.59 Å². The van der Waals surface area contributed by atoms with Crippen LogP contribution in [0.25, 0.3) is 0 Å². The third-order valence-electron chi connectivity index (χ3n) is 2.17. The molecule has 0 bridgehead atoms. The molecule has 0 aromatic rings. The number of nitrogens with zero attached hydrogens (tertiary/aromatic N) is 1. The molecule has 0 aliphatic rings. The van der Waals surface area contributed by atoms with Crippen LogP contribution < -0.4 is 5.32 Å². The van der Waals surface area contributed by atoms with Crippen molar-refractivity contribution in [1.29, 1.82) is 0 Å². The smallest absolute Gasteiger partial charge is 0.330 e. The number of β-amino-alcohol motifs (C(OH)–C–C–N with tert-alkyl or cyclic N) is 1. The molecule has 0 saturated heterocycles. The molecule has 0 heterocycles. The van der Waals surface area contributed by atoms with Crippen LogP contribution in [0.2, 0.25) is 0 Å². The van der Waals surface area contributed by atoms with Crippen molar-refractivity contribution in [2.45, 2.75) is 26.3 Å². The average Bonchev–Trinajstić information content (AvgIpc) is 2.29.